The molecule has 0 radical (unpaired) electrons. The third-order valence-electron chi connectivity index (χ3n) is 4.33. The number of halogens is 2. The monoisotopic (exact) mass is 480 g/mol. The molecule has 0 spiro atoms. The van der Waals surface area contributed by atoms with Crippen molar-refractivity contribution in [3.05, 3.63) is 70.5 Å². The SMILES string of the molecule is CC(C)(C)OC(=O)CN(Cc1ccccc1)S(=O)(=O)c1ccc2c(Cl)cnc(Cl)c2c1. The number of hydrogen-bond acceptors (Lipinski definition) is 5. The zero-order valence-corrected chi connectivity index (χ0v) is 19.6. The zero-order valence-electron chi connectivity index (χ0n) is 17.3. The smallest absolute Gasteiger partial charge is 0.321 e. The molecule has 164 valence electrons. The van der Waals surface area contributed by atoms with E-state index >= 15 is 0 Å². The van der Waals surface area contributed by atoms with E-state index in [1.165, 1.54) is 18.3 Å². The minimum atomic E-state index is -4.07. The van der Waals surface area contributed by atoms with Gasteiger partial charge in [0.15, 0.2) is 0 Å². The Bertz CT molecular complexity index is 1210. The van der Waals surface area contributed by atoms with E-state index in [1.54, 1.807) is 51.1 Å². The van der Waals surface area contributed by atoms with E-state index < -0.39 is 28.1 Å². The molecule has 0 fully saturated rings. The molecule has 0 saturated carbocycles. The van der Waals surface area contributed by atoms with Crippen LogP contribution in [-0.2, 0) is 26.1 Å². The van der Waals surface area contributed by atoms with E-state index in [9.17, 15) is 13.2 Å². The van der Waals surface area contributed by atoms with E-state index in [0.29, 0.717) is 15.8 Å². The average Bonchev–Trinajstić information content (AvgIpc) is 2.69. The number of benzene rings is 2. The van der Waals surface area contributed by atoms with Gasteiger partial charge >= 0.3 is 5.97 Å². The standard InChI is InChI=1S/C22H22Cl2N2O4S/c1-22(2,3)30-20(27)14-26(13-15-7-5-4-6-8-15)31(28,29)16-9-10-17-18(11-16)21(24)25-12-19(17)23/h4-12H,13-14H2,1-3H3. The summed E-state index contributed by atoms with van der Waals surface area (Å²) in [6.07, 6.45) is 1.41. The molecule has 3 aromatic rings. The summed E-state index contributed by atoms with van der Waals surface area (Å²) in [5.74, 6) is -0.643. The third kappa shape index (κ3) is 5.74. The maximum Gasteiger partial charge on any atom is 0.321 e. The molecule has 0 saturated heterocycles. The molecule has 0 bridgehead atoms. The summed E-state index contributed by atoms with van der Waals surface area (Å²) in [6.45, 7) is 4.74. The second-order valence-electron chi connectivity index (χ2n) is 7.95. The summed E-state index contributed by atoms with van der Waals surface area (Å²) in [5.41, 5.74) is -0.00353. The highest BCUT2D eigenvalue weighted by Crippen LogP contribution is 2.31. The average molecular weight is 481 g/mol. The lowest BCUT2D eigenvalue weighted by Gasteiger charge is -2.25. The van der Waals surface area contributed by atoms with Gasteiger partial charge in [0, 0.05) is 23.5 Å². The topological polar surface area (TPSA) is 76.6 Å². The van der Waals surface area contributed by atoms with Crippen molar-refractivity contribution in [3.63, 3.8) is 0 Å². The van der Waals surface area contributed by atoms with Crippen molar-refractivity contribution in [2.75, 3.05) is 6.54 Å². The molecular weight excluding hydrogens is 459 g/mol. The Hall–Kier alpha value is -2.19. The Balaban J connectivity index is 2.02. The fraction of sp³-hybridized carbons (Fsp3) is 0.273. The van der Waals surface area contributed by atoms with Crippen LogP contribution in [0.3, 0.4) is 0 Å². The summed E-state index contributed by atoms with van der Waals surface area (Å²) in [4.78, 5) is 16.4. The first-order valence-electron chi connectivity index (χ1n) is 9.47. The molecule has 2 aromatic carbocycles. The Labute approximate surface area is 191 Å². The highest BCUT2D eigenvalue weighted by molar-refractivity contribution is 7.89. The van der Waals surface area contributed by atoms with E-state index in [1.807, 2.05) is 6.07 Å². The second kappa shape index (κ2) is 9.12. The maximum atomic E-state index is 13.5. The van der Waals surface area contributed by atoms with Gasteiger partial charge in [-0.15, -0.1) is 0 Å². The van der Waals surface area contributed by atoms with Gasteiger partial charge in [-0.25, -0.2) is 13.4 Å². The van der Waals surface area contributed by atoms with Crippen molar-refractivity contribution in [1.82, 2.24) is 9.29 Å². The lowest BCUT2D eigenvalue weighted by molar-refractivity contribution is -0.155. The number of ether oxygens (including phenoxy) is 1. The largest absolute Gasteiger partial charge is 0.459 e. The summed E-state index contributed by atoms with van der Waals surface area (Å²) >= 11 is 12.3. The molecule has 1 heterocycles. The zero-order chi connectivity index (χ0) is 22.8. The summed E-state index contributed by atoms with van der Waals surface area (Å²) in [6, 6.07) is 13.4. The Morgan fingerprint density at radius 3 is 2.39 bits per heavy atom. The van der Waals surface area contributed by atoms with Gasteiger partial charge in [0.2, 0.25) is 10.0 Å². The first kappa shape index (κ1) is 23.5. The van der Waals surface area contributed by atoms with E-state index in [2.05, 4.69) is 4.98 Å². The molecule has 6 nitrogen and oxygen atoms in total. The highest BCUT2D eigenvalue weighted by Gasteiger charge is 2.29. The fourth-order valence-corrected chi connectivity index (χ4v) is 4.81. The molecule has 0 atom stereocenters. The maximum absolute atomic E-state index is 13.5. The number of esters is 1. The highest BCUT2D eigenvalue weighted by atomic mass is 35.5. The van der Waals surface area contributed by atoms with E-state index in [-0.39, 0.29) is 16.6 Å². The molecule has 9 heteroatoms. The predicted octanol–water partition coefficient (Wildman–Crippen LogP) is 5.07. The van der Waals surface area contributed by atoms with Crippen LogP contribution in [0.15, 0.2) is 59.6 Å². The van der Waals surface area contributed by atoms with E-state index in [4.69, 9.17) is 27.9 Å². The molecule has 0 amide bonds. The Morgan fingerprint density at radius 2 is 1.74 bits per heavy atom. The molecule has 0 unspecified atom stereocenters. The number of carbonyl (C=O) groups excluding carboxylic acids is 1. The minimum Gasteiger partial charge on any atom is -0.459 e. The van der Waals surface area contributed by atoms with Crippen LogP contribution in [0.5, 0.6) is 0 Å². The number of hydrogen-bond donors (Lipinski definition) is 0. The Morgan fingerprint density at radius 1 is 1.06 bits per heavy atom. The molecule has 31 heavy (non-hydrogen) atoms. The van der Waals surface area contributed by atoms with Crippen LogP contribution >= 0.6 is 23.2 Å². The van der Waals surface area contributed by atoms with Crippen LogP contribution < -0.4 is 0 Å². The number of carbonyl (C=O) groups is 1. The summed E-state index contributed by atoms with van der Waals surface area (Å²) in [5, 5.41) is 1.49. The van der Waals surface area contributed by atoms with Crippen LogP contribution in [0.2, 0.25) is 10.2 Å². The number of fused-ring (bicyclic) bond motifs is 1. The van der Waals surface area contributed by atoms with Crippen molar-refractivity contribution in [2.45, 2.75) is 37.8 Å². The van der Waals surface area contributed by atoms with Gasteiger partial charge in [0.25, 0.3) is 0 Å². The normalized spacial score (nSPS) is 12.3. The first-order chi connectivity index (χ1) is 14.5. The van der Waals surface area contributed by atoms with Crippen molar-refractivity contribution in [3.8, 4) is 0 Å². The quantitative estimate of drug-likeness (QED) is 0.363. The number of aromatic nitrogens is 1. The number of pyridine rings is 1. The minimum absolute atomic E-state index is 0.00197. The summed E-state index contributed by atoms with van der Waals surface area (Å²) in [7, 11) is -4.07. The van der Waals surface area contributed by atoms with Crippen LogP contribution in [-0.4, -0.2) is 35.8 Å². The predicted molar refractivity (Wildman–Crippen MR) is 122 cm³/mol. The number of sulfonamides is 1. The molecule has 3 rings (SSSR count). The molecule has 0 N–H and O–H groups in total. The lowest BCUT2D eigenvalue weighted by atomic mass is 10.2. The van der Waals surface area contributed by atoms with Crippen molar-refractivity contribution >= 4 is 50.0 Å². The molecular formula is C22H22Cl2N2O4S. The van der Waals surface area contributed by atoms with Crippen molar-refractivity contribution < 1.29 is 17.9 Å². The van der Waals surface area contributed by atoms with Gasteiger partial charge in [-0.3, -0.25) is 4.79 Å². The van der Waals surface area contributed by atoms with Gasteiger partial charge < -0.3 is 4.74 Å². The van der Waals surface area contributed by atoms with Crippen LogP contribution in [0.4, 0.5) is 0 Å². The third-order valence-corrected chi connectivity index (χ3v) is 6.72. The lowest BCUT2D eigenvalue weighted by Crippen LogP contribution is -2.38. The van der Waals surface area contributed by atoms with Gasteiger partial charge in [-0.05, 0) is 38.5 Å². The molecule has 0 aliphatic rings. The van der Waals surface area contributed by atoms with Gasteiger partial charge in [-0.1, -0.05) is 59.6 Å². The number of nitrogens with zero attached hydrogens (tertiary/aromatic N) is 2. The van der Waals surface area contributed by atoms with Crippen molar-refractivity contribution in [1.29, 1.82) is 0 Å². The summed E-state index contributed by atoms with van der Waals surface area (Å²) < 4.78 is 33.4. The molecule has 0 aliphatic carbocycles. The van der Waals surface area contributed by atoms with Crippen molar-refractivity contribution in [2.24, 2.45) is 0 Å². The van der Waals surface area contributed by atoms with Crippen LogP contribution in [0.1, 0.15) is 26.3 Å². The van der Waals surface area contributed by atoms with Gasteiger partial charge in [0.05, 0.1) is 9.92 Å². The van der Waals surface area contributed by atoms with Gasteiger partial charge in [0.1, 0.15) is 17.3 Å². The van der Waals surface area contributed by atoms with Crippen LogP contribution in [0, 0.1) is 0 Å². The van der Waals surface area contributed by atoms with Crippen LogP contribution in [0.25, 0.3) is 10.8 Å². The van der Waals surface area contributed by atoms with Gasteiger partial charge in [-0.2, -0.15) is 4.31 Å². The molecule has 1 aromatic heterocycles. The number of rotatable bonds is 6. The molecule has 0 aliphatic heterocycles. The van der Waals surface area contributed by atoms with E-state index in [0.717, 1.165) is 9.87 Å². The second-order valence-corrected chi connectivity index (χ2v) is 10.7. The first-order valence-corrected chi connectivity index (χ1v) is 11.7. The fourth-order valence-electron chi connectivity index (χ4n) is 2.99. The Kier molecular flexibility index (Phi) is 6.91.